The Balaban J connectivity index is 1.84. The molecule has 0 bridgehead atoms. The number of benzene rings is 2. The molecule has 0 saturated heterocycles. The first-order valence-electron chi connectivity index (χ1n) is 8.87. The van der Waals surface area contributed by atoms with Gasteiger partial charge in [-0.25, -0.2) is 20.4 Å². The van der Waals surface area contributed by atoms with E-state index in [1.807, 2.05) is 37.3 Å². The van der Waals surface area contributed by atoms with E-state index in [0.717, 1.165) is 16.3 Å². The summed E-state index contributed by atoms with van der Waals surface area (Å²) in [6, 6.07) is 15.4. The van der Waals surface area contributed by atoms with Crippen LogP contribution < -0.4 is 21.5 Å². The van der Waals surface area contributed by atoms with Crippen molar-refractivity contribution in [2.45, 2.75) is 31.7 Å². The number of hydrazine groups is 1. The second kappa shape index (κ2) is 10.5. The fraction of sp³-hybridized carbons (Fsp3) is 0.250. The zero-order valence-electron chi connectivity index (χ0n) is 15.5. The number of aldehydes is 1. The largest absolute Gasteiger partial charge is 0.337 e. The summed E-state index contributed by atoms with van der Waals surface area (Å²) in [5.74, 6) is 0. The van der Waals surface area contributed by atoms with Crippen molar-refractivity contribution in [2.75, 3.05) is 5.32 Å². The van der Waals surface area contributed by atoms with E-state index in [0.29, 0.717) is 24.9 Å². The number of urea groups is 2. The van der Waals surface area contributed by atoms with Gasteiger partial charge in [0, 0.05) is 10.2 Å². The Morgan fingerprint density at radius 1 is 1.00 bits per heavy atom. The molecule has 4 N–H and O–H groups in total. The van der Waals surface area contributed by atoms with Gasteiger partial charge in [0.25, 0.3) is 0 Å². The van der Waals surface area contributed by atoms with Crippen LogP contribution in [0, 0.1) is 0 Å². The van der Waals surface area contributed by atoms with Crippen molar-refractivity contribution in [3.8, 4) is 0 Å². The van der Waals surface area contributed by atoms with E-state index >= 15 is 0 Å². The van der Waals surface area contributed by atoms with Crippen molar-refractivity contribution in [3.63, 3.8) is 0 Å². The van der Waals surface area contributed by atoms with E-state index < -0.39 is 17.6 Å². The molecule has 0 aliphatic rings. The van der Waals surface area contributed by atoms with E-state index in [9.17, 15) is 14.4 Å². The number of rotatable bonds is 7. The number of hydrogen-bond acceptors (Lipinski definition) is 3. The fourth-order valence-corrected chi connectivity index (χ4v) is 2.84. The lowest BCUT2D eigenvalue weighted by molar-refractivity contribution is -0.113. The summed E-state index contributed by atoms with van der Waals surface area (Å²) in [4.78, 5) is 35.7. The predicted molar refractivity (Wildman–Crippen MR) is 112 cm³/mol. The first-order chi connectivity index (χ1) is 13.5. The number of hydrogen-bond donors (Lipinski definition) is 4. The van der Waals surface area contributed by atoms with Crippen molar-refractivity contribution in [3.05, 3.63) is 64.6 Å². The smallest absolute Gasteiger partial charge is 0.325 e. The van der Waals surface area contributed by atoms with Gasteiger partial charge in [-0.1, -0.05) is 53.2 Å². The number of anilines is 1. The lowest BCUT2D eigenvalue weighted by Crippen LogP contribution is -2.57. The zero-order valence-corrected chi connectivity index (χ0v) is 17.1. The number of halogens is 1. The van der Waals surface area contributed by atoms with Crippen LogP contribution in [0.2, 0.25) is 0 Å². The maximum Gasteiger partial charge on any atom is 0.337 e. The highest BCUT2D eigenvalue weighted by Crippen LogP contribution is 2.17. The third kappa shape index (κ3) is 6.70. The number of nitrogens with one attached hydrogen (secondary N) is 4. The highest BCUT2D eigenvalue weighted by Gasteiger charge is 2.29. The van der Waals surface area contributed by atoms with Crippen LogP contribution >= 0.6 is 15.9 Å². The van der Waals surface area contributed by atoms with Gasteiger partial charge < -0.3 is 15.4 Å². The molecule has 0 aliphatic heterocycles. The van der Waals surface area contributed by atoms with Crippen molar-refractivity contribution < 1.29 is 14.4 Å². The van der Waals surface area contributed by atoms with Gasteiger partial charge in [0.1, 0.15) is 6.29 Å². The van der Waals surface area contributed by atoms with Crippen LogP contribution in [0.5, 0.6) is 0 Å². The summed E-state index contributed by atoms with van der Waals surface area (Å²) < 4.78 is 0.885. The van der Waals surface area contributed by atoms with Crippen molar-refractivity contribution >= 4 is 40.0 Å². The maximum atomic E-state index is 12.2. The molecule has 0 fully saturated rings. The van der Waals surface area contributed by atoms with Crippen molar-refractivity contribution in [1.29, 1.82) is 0 Å². The summed E-state index contributed by atoms with van der Waals surface area (Å²) in [5, 5.41) is 5.24. The Morgan fingerprint density at radius 2 is 1.64 bits per heavy atom. The van der Waals surface area contributed by atoms with Crippen LogP contribution in [0.25, 0.3) is 0 Å². The SMILES string of the molecule is CCC(C=O)(CCc1ccccc1)NC(=O)NNC(=O)Nc1ccc(Br)cc1. The van der Waals surface area contributed by atoms with Gasteiger partial charge in [0.05, 0.1) is 5.54 Å². The number of carbonyl (C=O) groups is 3. The van der Waals surface area contributed by atoms with Gasteiger partial charge in [0.2, 0.25) is 0 Å². The minimum absolute atomic E-state index is 0.432. The van der Waals surface area contributed by atoms with Gasteiger partial charge in [-0.15, -0.1) is 0 Å². The fourth-order valence-electron chi connectivity index (χ4n) is 2.58. The Kier molecular flexibility index (Phi) is 8.01. The molecule has 2 rings (SSSR count). The first kappa shape index (κ1) is 21.4. The quantitative estimate of drug-likeness (QED) is 0.384. The Hall–Kier alpha value is -2.87. The third-order valence-electron chi connectivity index (χ3n) is 4.31. The lowest BCUT2D eigenvalue weighted by Gasteiger charge is -2.28. The summed E-state index contributed by atoms with van der Waals surface area (Å²) >= 11 is 3.31. The van der Waals surface area contributed by atoms with Crippen molar-refractivity contribution in [2.24, 2.45) is 0 Å². The minimum Gasteiger partial charge on any atom is -0.325 e. The van der Waals surface area contributed by atoms with Gasteiger partial charge in [-0.3, -0.25) is 0 Å². The van der Waals surface area contributed by atoms with Crippen LogP contribution in [-0.2, 0) is 11.2 Å². The standard InChI is InChI=1S/C20H23BrN4O3/c1-2-20(14-26,13-12-15-6-4-3-5-7-15)23-19(28)25-24-18(27)22-17-10-8-16(21)9-11-17/h3-11,14H,2,12-13H2,1H3,(H2,22,24,27)(H2,23,25,28). The summed E-state index contributed by atoms with van der Waals surface area (Å²) in [7, 11) is 0. The minimum atomic E-state index is -1.01. The van der Waals surface area contributed by atoms with Crippen LogP contribution in [0.3, 0.4) is 0 Å². The highest BCUT2D eigenvalue weighted by molar-refractivity contribution is 9.10. The molecule has 0 aromatic heterocycles. The second-order valence-electron chi connectivity index (χ2n) is 6.28. The molecule has 0 saturated carbocycles. The van der Waals surface area contributed by atoms with E-state index in [1.54, 1.807) is 24.3 Å². The maximum absolute atomic E-state index is 12.2. The highest BCUT2D eigenvalue weighted by atomic mass is 79.9. The monoisotopic (exact) mass is 446 g/mol. The van der Waals surface area contributed by atoms with Crippen LogP contribution in [0.4, 0.5) is 15.3 Å². The molecule has 2 aromatic rings. The number of aryl methyl sites for hydroxylation is 1. The van der Waals surface area contributed by atoms with Gasteiger partial charge in [-0.2, -0.15) is 0 Å². The summed E-state index contributed by atoms with van der Waals surface area (Å²) in [6.45, 7) is 1.83. The normalized spacial score (nSPS) is 12.4. The van der Waals surface area contributed by atoms with E-state index in [4.69, 9.17) is 0 Å². The molecule has 28 heavy (non-hydrogen) atoms. The molecular weight excluding hydrogens is 424 g/mol. The van der Waals surface area contributed by atoms with Crippen LogP contribution in [-0.4, -0.2) is 23.9 Å². The molecule has 4 amide bonds. The summed E-state index contributed by atoms with van der Waals surface area (Å²) in [5.41, 5.74) is 5.15. The molecule has 148 valence electrons. The Bertz CT molecular complexity index is 799. The number of amides is 4. The topological polar surface area (TPSA) is 99.3 Å². The molecular formula is C20H23BrN4O3. The summed E-state index contributed by atoms with van der Waals surface area (Å²) in [6.07, 6.45) is 2.28. The van der Waals surface area contributed by atoms with Gasteiger partial charge in [-0.05, 0) is 49.1 Å². The van der Waals surface area contributed by atoms with E-state index in [-0.39, 0.29) is 0 Å². The molecule has 0 spiro atoms. The average molecular weight is 447 g/mol. The van der Waals surface area contributed by atoms with E-state index in [2.05, 4.69) is 37.4 Å². The molecule has 0 aliphatic carbocycles. The lowest BCUT2D eigenvalue weighted by atomic mass is 9.90. The first-order valence-corrected chi connectivity index (χ1v) is 9.66. The molecule has 2 aromatic carbocycles. The van der Waals surface area contributed by atoms with Gasteiger partial charge >= 0.3 is 12.1 Å². The van der Waals surface area contributed by atoms with E-state index in [1.165, 1.54) is 0 Å². The molecule has 1 unspecified atom stereocenters. The molecule has 0 heterocycles. The molecule has 0 radical (unpaired) electrons. The number of carbonyl (C=O) groups excluding carboxylic acids is 3. The Labute approximate surface area is 172 Å². The Morgan fingerprint density at radius 3 is 2.25 bits per heavy atom. The zero-order chi connectivity index (χ0) is 20.4. The average Bonchev–Trinajstić information content (AvgIpc) is 2.72. The van der Waals surface area contributed by atoms with Crippen molar-refractivity contribution in [1.82, 2.24) is 16.2 Å². The predicted octanol–water partition coefficient (Wildman–Crippen LogP) is 3.77. The van der Waals surface area contributed by atoms with Gasteiger partial charge in [0.15, 0.2) is 0 Å². The second-order valence-corrected chi connectivity index (χ2v) is 7.19. The van der Waals surface area contributed by atoms with Crippen LogP contribution in [0.15, 0.2) is 59.1 Å². The molecule has 8 heteroatoms. The molecule has 7 nitrogen and oxygen atoms in total. The molecule has 1 atom stereocenters. The van der Waals surface area contributed by atoms with Crippen LogP contribution in [0.1, 0.15) is 25.3 Å². The third-order valence-corrected chi connectivity index (χ3v) is 4.84.